The molecule has 2 heterocycles. The highest BCUT2D eigenvalue weighted by Gasteiger charge is 2.11. The molecule has 2 aromatic carbocycles. The Morgan fingerprint density at radius 2 is 1.97 bits per heavy atom. The predicted molar refractivity (Wildman–Crippen MR) is 129 cm³/mol. The standard InChI is InChI=1S/C24H26BrN5O/c1-16-7-9-18(4-3-11-31)20(12-16)27-14-17-8-10-22-21(13-17)29-24(26)30(22)15-19-5-2-6-23(25)28-19/h2,5-10,12-13,27,31H,3-4,11,14-15H2,1H3,(H2,26,29). The van der Waals surface area contributed by atoms with E-state index in [4.69, 9.17) is 10.8 Å². The minimum absolute atomic E-state index is 0.198. The summed E-state index contributed by atoms with van der Waals surface area (Å²) in [5.74, 6) is 0.479. The molecule has 0 fully saturated rings. The van der Waals surface area contributed by atoms with Crippen molar-refractivity contribution in [3.63, 3.8) is 0 Å². The first-order valence-corrected chi connectivity index (χ1v) is 11.1. The molecular formula is C24H26BrN5O. The Kier molecular flexibility index (Phi) is 6.53. The van der Waals surface area contributed by atoms with E-state index in [9.17, 15) is 0 Å². The molecular weight excluding hydrogens is 454 g/mol. The molecule has 0 aliphatic carbocycles. The lowest BCUT2D eigenvalue weighted by Crippen LogP contribution is -2.06. The van der Waals surface area contributed by atoms with Gasteiger partial charge in [-0.25, -0.2) is 9.97 Å². The third-order valence-electron chi connectivity index (χ3n) is 5.29. The lowest BCUT2D eigenvalue weighted by atomic mass is 10.0. The summed E-state index contributed by atoms with van der Waals surface area (Å²) in [5, 5.41) is 12.7. The van der Waals surface area contributed by atoms with Gasteiger partial charge < -0.3 is 20.7 Å². The van der Waals surface area contributed by atoms with Crippen LogP contribution in [0.2, 0.25) is 0 Å². The number of aryl methyl sites for hydroxylation is 2. The maximum absolute atomic E-state index is 9.17. The van der Waals surface area contributed by atoms with Crippen molar-refractivity contribution in [3.05, 3.63) is 81.6 Å². The topological polar surface area (TPSA) is 89.0 Å². The first-order valence-electron chi connectivity index (χ1n) is 10.3. The van der Waals surface area contributed by atoms with Gasteiger partial charge in [0.1, 0.15) is 4.60 Å². The summed E-state index contributed by atoms with van der Waals surface area (Å²) < 4.78 is 2.78. The largest absolute Gasteiger partial charge is 0.396 e. The molecule has 4 N–H and O–H groups in total. The van der Waals surface area contributed by atoms with Gasteiger partial charge in [-0.2, -0.15) is 0 Å². The van der Waals surface area contributed by atoms with Gasteiger partial charge in [0.05, 0.1) is 23.3 Å². The van der Waals surface area contributed by atoms with Crippen molar-refractivity contribution in [2.24, 2.45) is 0 Å². The fourth-order valence-electron chi connectivity index (χ4n) is 3.71. The lowest BCUT2D eigenvalue weighted by Gasteiger charge is -2.13. The molecule has 0 saturated carbocycles. The molecule has 0 atom stereocenters. The molecule has 4 rings (SSSR count). The van der Waals surface area contributed by atoms with Crippen LogP contribution in [0.15, 0.2) is 59.2 Å². The summed E-state index contributed by atoms with van der Waals surface area (Å²) in [5.41, 5.74) is 13.7. The number of nitrogen functional groups attached to an aromatic ring is 1. The van der Waals surface area contributed by atoms with Crippen LogP contribution < -0.4 is 11.1 Å². The van der Waals surface area contributed by atoms with Crippen LogP contribution in [0.3, 0.4) is 0 Å². The minimum atomic E-state index is 0.198. The van der Waals surface area contributed by atoms with Crippen molar-refractivity contribution in [1.29, 1.82) is 0 Å². The highest BCUT2D eigenvalue weighted by molar-refractivity contribution is 9.10. The van der Waals surface area contributed by atoms with Gasteiger partial charge in [0.15, 0.2) is 0 Å². The van der Waals surface area contributed by atoms with E-state index in [1.165, 1.54) is 11.1 Å². The monoisotopic (exact) mass is 479 g/mol. The first kappa shape index (κ1) is 21.3. The Bertz CT molecular complexity index is 1200. The minimum Gasteiger partial charge on any atom is -0.396 e. The summed E-state index contributed by atoms with van der Waals surface area (Å²) in [4.78, 5) is 9.07. The summed E-state index contributed by atoms with van der Waals surface area (Å²) >= 11 is 3.42. The molecule has 7 heteroatoms. The van der Waals surface area contributed by atoms with Gasteiger partial charge in [-0.05, 0) is 82.7 Å². The predicted octanol–water partition coefficient (Wildman–Crippen LogP) is 4.67. The lowest BCUT2D eigenvalue weighted by molar-refractivity contribution is 0.288. The number of fused-ring (bicyclic) bond motifs is 1. The van der Waals surface area contributed by atoms with Crippen molar-refractivity contribution in [2.75, 3.05) is 17.7 Å². The van der Waals surface area contributed by atoms with E-state index in [2.05, 4.69) is 74.5 Å². The molecule has 4 aromatic rings. The van der Waals surface area contributed by atoms with Crippen LogP contribution >= 0.6 is 15.9 Å². The van der Waals surface area contributed by atoms with Crippen molar-refractivity contribution in [1.82, 2.24) is 14.5 Å². The van der Waals surface area contributed by atoms with Crippen LogP contribution in [-0.4, -0.2) is 26.2 Å². The molecule has 0 unspecified atom stereocenters. The summed E-state index contributed by atoms with van der Waals surface area (Å²) in [6.07, 6.45) is 1.61. The number of benzene rings is 2. The third-order valence-corrected chi connectivity index (χ3v) is 5.73. The fraction of sp³-hybridized carbons (Fsp3) is 0.250. The van der Waals surface area contributed by atoms with Crippen molar-refractivity contribution in [2.45, 2.75) is 32.9 Å². The number of nitrogens with zero attached hydrogens (tertiary/aromatic N) is 3. The molecule has 0 aliphatic heterocycles. The number of anilines is 2. The zero-order valence-corrected chi connectivity index (χ0v) is 19.1. The first-order chi connectivity index (χ1) is 15.0. The summed E-state index contributed by atoms with van der Waals surface area (Å²) in [6, 6.07) is 18.5. The zero-order valence-electron chi connectivity index (χ0n) is 17.5. The maximum atomic E-state index is 9.17. The molecule has 0 saturated heterocycles. The van der Waals surface area contributed by atoms with Crippen molar-refractivity contribution >= 4 is 38.6 Å². The molecule has 6 nitrogen and oxygen atoms in total. The van der Waals surface area contributed by atoms with Gasteiger partial charge in [-0.3, -0.25) is 0 Å². The Labute approximate surface area is 190 Å². The second-order valence-corrected chi connectivity index (χ2v) is 8.48. The molecule has 0 aliphatic rings. The Hall–Kier alpha value is -2.90. The van der Waals surface area contributed by atoms with Gasteiger partial charge in [-0.1, -0.05) is 24.3 Å². The molecule has 0 spiro atoms. The smallest absolute Gasteiger partial charge is 0.201 e. The van der Waals surface area contributed by atoms with Crippen LogP contribution in [0.25, 0.3) is 11.0 Å². The van der Waals surface area contributed by atoms with E-state index in [0.717, 1.165) is 45.4 Å². The highest BCUT2D eigenvalue weighted by Crippen LogP contribution is 2.23. The third kappa shape index (κ3) is 5.06. The maximum Gasteiger partial charge on any atom is 0.201 e. The number of nitrogens with one attached hydrogen (secondary N) is 1. The molecule has 31 heavy (non-hydrogen) atoms. The summed E-state index contributed by atoms with van der Waals surface area (Å²) in [6.45, 7) is 3.54. The number of imidazole rings is 1. The number of hydrogen-bond acceptors (Lipinski definition) is 5. The van der Waals surface area contributed by atoms with E-state index >= 15 is 0 Å². The van der Waals surface area contributed by atoms with E-state index in [0.29, 0.717) is 19.0 Å². The van der Waals surface area contributed by atoms with Gasteiger partial charge >= 0.3 is 0 Å². The second-order valence-electron chi connectivity index (χ2n) is 7.67. The number of hydrogen-bond donors (Lipinski definition) is 3. The number of aliphatic hydroxyl groups excluding tert-OH is 1. The number of rotatable bonds is 8. The quantitative estimate of drug-likeness (QED) is 0.319. The molecule has 0 amide bonds. The second kappa shape index (κ2) is 9.49. The summed E-state index contributed by atoms with van der Waals surface area (Å²) in [7, 11) is 0. The number of aromatic nitrogens is 3. The van der Waals surface area contributed by atoms with E-state index in [1.54, 1.807) is 0 Å². The van der Waals surface area contributed by atoms with E-state index in [1.807, 2.05) is 22.8 Å². The van der Waals surface area contributed by atoms with Gasteiger partial charge in [0.25, 0.3) is 0 Å². The van der Waals surface area contributed by atoms with Crippen LogP contribution in [-0.2, 0) is 19.5 Å². The molecule has 2 aromatic heterocycles. The Balaban J connectivity index is 1.54. The average molecular weight is 480 g/mol. The van der Waals surface area contributed by atoms with E-state index in [-0.39, 0.29) is 6.61 Å². The Morgan fingerprint density at radius 1 is 1.10 bits per heavy atom. The normalized spacial score (nSPS) is 11.2. The number of nitrogens with two attached hydrogens (primary N) is 1. The van der Waals surface area contributed by atoms with E-state index < -0.39 is 0 Å². The number of halogens is 1. The van der Waals surface area contributed by atoms with Crippen LogP contribution in [0.4, 0.5) is 11.6 Å². The molecule has 160 valence electrons. The van der Waals surface area contributed by atoms with Gasteiger partial charge in [0, 0.05) is 18.8 Å². The highest BCUT2D eigenvalue weighted by atomic mass is 79.9. The van der Waals surface area contributed by atoms with Crippen LogP contribution in [0.1, 0.15) is 28.8 Å². The molecule has 0 bridgehead atoms. The fourth-order valence-corrected chi connectivity index (χ4v) is 4.09. The van der Waals surface area contributed by atoms with Crippen LogP contribution in [0, 0.1) is 6.92 Å². The number of pyridine rings is 1. The Morgan fingerprint density at radius 3 is 2.77 bits per heavy atom. The molecule has 0 radical (unpaired) electrons. The van der Waals surface area contributed by atoms with Crippen molar-refractivity contribution < 1.29 is 5.11 Å². The SMILES string of the molecule is Cc1ccc(CCCO)c(NCc2ccc3c(c2)nc(N)n3Cc2cccc(Br)n2)c1. The zero-order chi connectivity index (χ0) is 21.8. The average Bonchev–Trinajstić information content (AvgIpc) is 3.06. The van der Waals surface area contributed by atoms with Gasteiger partial charge in [-0.15, -0.1) is 0 Å². The number of aliphatic hydroxyl groups is 1. The van der Waals surface area contributed by atoms with Gasteiger partial charge in [0.2, 0.25) is 5.95 Å². The van der Waals surface area contributed by atoms with Crippen LogP contribution in [0.5, 0.6) is 0 Å². The van der Waals surface area contributed by atoms with Crippen molar-refractivity contribution in [3.8, 4) is 0 Å².